The van der Waals surface area contributed by atoms with Crippen LogP contribution < -0.4 is 4.74 Å². The van der Waals surface area contributed by atoms with Crippen LogP contribution in [0.1, 0.15) is 17.2 Å². The summed E-state index contributed by atoms with van der Waals surface area (Å²) < 4.78 is 5.71. The Labute approximate surface area is 82.0 Å². The quantitative estimate of drug-likeness (QED) is 0.605. The van der Waals surface area contributed by atoms with Crippen molar-refractivity contribution in [3.8, 4) is 16.9 Å². The van der Waals surface area contributed by atoms with Crippen molar-refractivity contribution >= 4 is 0 Å². The minimum absolute atomic E-state index is 0.220. The van der Waals surface area contributed by atoms with Crippen LogP contribution in [0, 0.1) is 0 Å². The van der Waals surface area contributed by atoms with Gasteiger partial charge >= 0.3 is 0 Å². The lowest BCUT2D eigenvalue weighted by Crippen LogP contribution is -2.16. The molecule has 0 N–H and O–H groups in total. The topological polar surface area (TPSA) is 9.23 Å². The summed E-state index contributed by atoms with van der Waals surface area (Å²) in [7, 11) is 0. The highest BCUT2D eigenvalue weighted by molar-refractivity contribution is 5.82. The Morgan fingerprint density at radius 3 is 2.71 bits per heavy atom. The summed E-state index contributed by atoms with van der Waals surface area (Å²) in [5, 5.41) is 0. The Morgan fingerprint density at radius 2 is 1.71 bits per heavy atom. The molecule has 2 aromatic carbocycles. The van der Waals surface area contributed by atoms with Gasteiger partial charge in [0.05, 0.1) is 0 Å². The SMILES string of the molecule is c1ccc2c(c1)-c1cccc3c1C2O3. The first-order valence-electron chi connectivity index (χ1n) is 4.84. The van der Waals surface area contributed by atoms with E-state index < -0.39 is 0 Å². The normalized spacial score (nSPS) is 19.3. The lowest BCUT2D eigenvalue weighted by Gasteiger charge is -2.28. The van der Waals surface area contributed by atoms with Gasteiger partial charge in [0.25, 0.3) is 0 Å². The van der Waals surface area contributed by atoms with Gasteiger partial charge in [0.1, 0.15) is 5.75 Å². The van der Waals surface area contributed by atoms with Crippen molar-refractivity contribution in [3.05, 3.63) is 53.6 Å². The molecular weight excluding hydrogens is 172 g/mol. The molecule has 1 heteroatoms. The molecule has 0 aromatic heterocycles. The largest absolute Gasteiger partial charge is 0.480 e. The van der Waals surface area contributed by atoms with Gasteiger partial charge in [-0.05, 0) is 17.2 Å². The van der Waals surface area contributed by atoms with Crippen LogP contribution in [0.15, 0.2) is 42.5 Å². The zero-order valence-corrected chi connectivity index (χ0v) is 7.53. The third-order valence-electron chi connectivity index (χ3n) is 3.11. The third kappa shape index (κ3) is 0.568. The summed E-state index contributed by atoms with van der Waals surface area (Å²) >= 11 is 0. The van der Waals surface area contributed by atoms with Crippen molar-refractivity contribution in [2.45, 2.75) is 6.10 Å². The highest BCUT2D eigenvalue weighted by Crippen LogP contribution is 2.55. The zero-order chi connectivity index (χ0) is 9.12. The van der Waals surface area contributed by atoms with Crippen molar-refractivity contribution in [1.29, 1.82) is 0 Å². The molecule has 1 unspecified atom stereocenters. The second kappa shape index (κ2) is 2.01. The molecule has 66 valence electrons. The second-order valence-corrected chi connectivity index (χ2v) is 3.80. The molecule has 1 aliphatic heterocycles. The van der Waals surface area contributed by atoms with Gasteiger partial charge in [-0.25, -0.2) is 0 Å². The first kappa shape index (κ1) is 6.66. The fourth-order valence-electron chi connectivity index (χ4n) is 2.47. The highest BCUT2D eigenvalue weighted by Gasteiger charge is 2.39. The molecule has 1 aliphatic carbocycles. The van der Waals surface area contributed by atoms with Gasteiger partial charge in [0.15, 0.2) is 6.10 Å². The predicted molar refractivity (Wildman–Crippen MR) is 54.3 cm³/mol. The van der Waals surface area contributed by atoms with Gasteiger partial charge in [-0.15, -0.1) is 0 Å². The van der Waals surface area contributed by atoms with Crippen molar-refractivity contribution in [2.24, 2.45) is 0 Å². The molecule has 0 spiro atoms. The van der Waals surface area contributed by atoms with Crippen molar-refractivity contribution in [1.82, 2.24) is 0 Å². The Kier molecular flexibility index (Phi) is 0.954. The molecule has 0 bridgehead atoms. The Balaban J connectivity index is 2.16. The van der Waals surface area contributed by atoms with Gasteiger partial charge in [-0.2, -0.15) is 0 Å². The van der Waals surface area contributed by atoms with Crippen molar-refractivity contribution in [2.75, 3.05) is 0 Å². The first-order chi connectivity index (χ1) is 6.95. The second-order valence-electron chi connectivity index (χ2n) is 3.80. The van der Waals surface area contributed by atoms with Crippen LogP contribution in [0.2, 0.25) is 0 Å². The van der Waals surface area contributed by atoms with Crippen LogP contribution in [-0.2, 0) is 0 Å². The number of hydrogen-bond acceptors (Lipinski definition) is 1. The first-order valence-corrected chi connectivity index (χ1v) is 4.84. The van der Waals surface area contributed by atoms with Gasteiger partial charge in [0.2, 0.25) is 0 Å². The molecule has 0 amide bonds. The molecule has 0 radical (unpaired) electrons. The van der Waals surface area contributed by atoms with Crippen LogP contribution in [0.4, 0.5) is 0 Å². The third-order valence-corrected chi connectivity index (χ3v) is 3.11. The molecule has 1 nitrogen and oxygen atoms in total. The van der Waals surface area contributed by atoms with Gasteiger partial charge in [-0.3, -0.25) is 0 Å². The predicted octanol–water partition coefficient (Wildman–Crippen LogP) is 3.15. The monoisotopic (exact) mass is 180 g/mol. The highest BCUT2D eigenvalue weighted by atomic mass is 16.5. The summed E-state index contributed by atoms with van der Waals surface area (Å²) in [6.45, 7) is 0. The van der Waals surface area contributed by atoms with E-state index in [1.807, 2.05) is 6.07 Å². The molecule has 4 rings (SSSR count). The van der Waals surface area contributed by atoms with E-state index in [2.05, 4.69) is 36.4 Å². The molecule has 1 atom stereocenters. The molecule has 2 aliphatic rings. The molecule has 2 aromatic rings. The van der Waals surface area contributed by atoms with Crippen molar-refractivity contribution < 1.29 is 4.74 Å². The Hall–Kier alpha value is -1.76. The summed E-state index contributed by atoms with van der Waals surface area (Å²) in [5.74, 6) is 1.06. The van der Waals surface area contributed by atoms with Gasteiger partial charge in [0, 0.05) is 11.1 Å². The number of hydrogen-bond donors (Lipinski definition) is 0. The number of fused-ring (bicyclic) bond motifs is 3. The van der Waals surface area contributed by atoms with E-state index in [0.29, 0.717) is 0 Å². The molecule has 14 heavy (non-hydrogen) atoms. The van der Waals surface area contributed by atoms with E-state index in [1.165, 1.54) is 22.3 Å². The van der Waals surface area contributed by atoms with E-state index in [4.69, 9.17) is 4.74 Å². The van der Waals surface area contributed by atoms with E-state index in [0.717, 1.165) is 5.75 Å². The minimum Gasteiger partial charge on any atom is -0.480 e. The van der Waals surface area contributed by atoms with E-state index in [-0.39, 0.29) is 6.10 Å². The Bertz CT molecular complexity index is 543. The lowest BCUT2D eigenvalue weighted by atomic mass is 10.0. The minimum atomic E-state index is 0.220. The molecule has 0 saturated carbocycles. The van der Waals surface area contributed by atoms with Crippen LogP contribution in [0.3, 0.4) is 0 Å². The summed E-state index contributed by atoms with van der Waals surface area (Å²) in [5.41, 5.74) is 5.40. The maximum absolute atomic E-state index is 5.71. The lowest BCUT2D eigenvalue weighted by molar-refractivity contribution is 0.192. The fraction of sp³-hybridized carbons (Fsp3) is 0.0769. The van der Waals surface area contributed by atoms with Crippen LogP contribution >= 0.6 is 0 Å². The zero-order valence-electron chi connectivity index (χ0n) is 7.53. The van der Waals surface area contributed by atoms with Crippen molar-refractivity contribution in [3.63, 3.8) is 0 Å². The summed E-state index contributed by atoms with van der Waals surface area (Å²) in [6, 6.07) is 14.8. The van der Waals surface area contributed by atoms with E-state index in [9.17, 15) is 0 Å². The summed E-state index contributed by atoms with van der Waals surface area (Å²) in [4.78, 5) is 0. The standard InChI is InChI=1S/C13H8O/c1-2-5-10-8(4-1)9-6-3-7-11-12(9)13(10)14-11/h1-7,13H. The number of rotatable bonds is 0. The number of benzene rings is 2. The average Bonchev–Trinajstić information content (AvgIpc) is 2.49. The maximum atomic E-state index is 5.71. The van der Waals surface area contributed by atoms with Gasteiger partial charge < -0.3 is 4.74 Å². The van der Waals surface area contributed by atoms with E-state index in [1.54, 1.807) is 0 Å². The van der Waals surface area contributed by atoms with E-state index >= 15 is 0 Å². The molecule has 0 fully saturated rings. The molecule has 1 heterocycles. The Morgan fingerprint density at radius 1 is 0.857 bits per heavy atom. The smallest absolute Gasteiger partial charge is 0.154 e. The maximum Gasteiger partial charge on any atom is 0.154 e. The van der Waals surface area contributed by atoms with Crippen LogP contribution in [0.5, 0.6) is 5.75 Å². The molecule has 0 saturated heterocycles. The van der Waals surface area contributed by atoms with Gasteiger partial charge in [-0.1, -0.05) is 36.4 Å². The fourth-order valence-corrected chi connectivity index (χ4v) is 2.47. The average molecular weight is 180 g/mol. The van der Waals surface area contributed by atoms with Crippen LogP contribution in [-0.4, -0.2) is 0 Å². The number of ether oxygens (including phenoxy) is 1. The van der Waals surface area contributed by atoms with Crippen LogP contribution in [0.25, 0.3) is 11.1 Å². The molecular formula is C13H8O. The summed E-state index contributed by atoms with van der Waals surface area (Å²) in [6.07, 6.45) is 0.220.